The Morgan fingerprint density at radius 1 is 1.46 bits per heavy atom. The van der Waals surface area contributed by atoms with Crippen molar-refractivity contribution in [3.8, 4) is 5.88 Å². The van der Waals surface area contributed by atoms with E-state index >= 15 is 0 Å². The molecule has 1 unspecified atom stereocenters. The Hall–Kier alpha value is -2.84. The van der Waals surface area contributed by atoms with Crippen molar-refractivity contribution >= 4 is 24.6 Å². The average molecular weight is 364 g/mol. The number of ether oxygens (including phenoxy) is 2. The molecule has 8 nitrogen and oxygen atoms in total. The lowest BCUT2D eigenvalue weighted by Gasteiger charge is -2.28. The Kier molecular flexibility index (Phi) is 6.01. The summed E-state index contributed by atoms with van der Waals surface area (Å²) in [6.07, 6.45) is 2.45. The highest BCUT2D eigenvalue weighted by Gasteiger charge is 2.28. The first-order valence-corrected chi connectivity index (χ1v) is 7.96. The second-order valence-corrected chi connectivity index (χ2v) is 6.61. The van der Waals surface area contributed by atoms with Gasteiger partial charge in [-0.25, -0.2) is 29.1 Å². The van der Waals surface area contributed by atoms with E-state index in [-0.39, 0.29) is 24.9 Å². The molecule has 1 aromatic heterocycles. The van der Waals surface area contributed by atoms with Crippen LogP contribution in [-0.2, 0) is 16.1 Å². The summed E-state index contributed by atoms with van der Waals surface area (Å²) >= 11 is 0. The van der Waals surface area contributed by atoms with Crippen molar-refractivity contribution in [2.45, 2.75) is 32.9 Å². The molecule has 0 saturated carbocycles. The number of rotatable bonds is 4. The zero-order valence-electron chi connectivity index (χ0n) is 15.1. The van der Waals surface area contributed by atoms with Gasteiger partial charge in [-0.2, -0.15) is 0 Å². The molecule has 1 aromatic rings. The summed E-state index contributed by atoms with van der Waals surface area (Å²) in [6, 6.07) is 1.21. The second-order valence-electron chi connectivity index (χ2n) is 6.61. The van der Waals surface area contributed by atoms with Crippen molar-refractivity contribution in [3.05, 3.63) is 23.6 Å². The lowest BCUT2D eigenvalue weighted by molar-refractivity contribution is -0.109. The lowest BCUT2D eigenvalue weighted by Crippen LogP contribution is -2.41. The van der Waals surface area contributed by atoms with Gasteiger partial charge in [0, 0.05) is 11.8 Å². The Morgan fingerprint density at radius 2 is 2.19 bits per heavy atom. The van der Waals surface area contributed by atoms with Crippen LogP contribution in [0.2, 0.25) is 0 Å². The number of aliphatic imine (C=N–C) groups is 2. The fourth-order valence-electron chi connectivity index (χ4n) is 2.14. The molecule has 1 aliphatic heterocycles. The minimum atomic E-state index is -0.746. The molecule has 1 aliphatic rings. The van der Waals surface area contributed by atoms with Crippen LogP contribution in [0.4, 0.5) is 9.18 Å². The van der Waals surface area contributed by atoms with E-state index < -0.39 is 23.4 Å². The van der Waals surface area contributed by atoms with Crippen molar-refractivity contribution in [2.24, 2.45) is 15.9 Å². The molecule has 0 fully saturated rings. The molecular weight excluding hydrogens is 343 g/mol. The van der Waals surface area contributed by atoms with Crippen LogP contribution >= 0.6 is 0 Å². The number of methoxy groups -OCH3 is 1. The fraction of sp³-hybridized carbons (Fsp3) is 0.471. The van der Waals surface area contributed by atoms with Crippen LogP contribution in [0.3, 0.4) is 0 Å². The second kappa shape index (κ2) is 8.03. The van der Waals surface area contributed by atoms with Crippen LogP contribution in [0, 0.1) is 11.7 Å². The van der Waals surface area contributed by atoms with Gasteiger partial charge in [0.25, 0.3) is 0 Å². The summed E-state index contributed by atoms with van der Waals surface area (Å²) in [5, 5.41) is 0. The topological polar surface area (TPSA) is 93.5 Å². The van der Waals surface area contributed by atoms with Crippen LogP contribution in [0.25, 0.3) is 0 Å². The molecule has 26 heavy (non-hydrogen) atoms. The standard InChI is InChI=1S/C17H21FN4O4/c1-17(2,3)26-16(24)22(15-20-6-11(10-23)7-21-15)9-12-5-13(18)8-19-14(12)25-4/h5-6,8,10-11H,7,9H2,1-4H3. The minimum Gasteiger partial charge on any atom is -0.481 e. The molecule has 0 N–H and O–H groups in total. The van der Waals surface area contributed by atoms with Crippen LogP contribution in [-0.4, -0.2) is 53.7 Å². The Morgan fingerprint density at radius 3 is 2.73 bits per heavy atom. The predicted octanol–water partition coefficient (Wildman–Crippen LogP) is 2.22. The molecule has 1 atom stereocenters. The number of hydrogen-bond acceptors (Lipinski definition) is 7. The minimum absolute atomic E-state index is 0.0728. The number of carbonyl (C=O) groups excluding carboxylic acids is 2. The van der Waals surface area contributed by atoms with Gasteiger partial charge in [-0.3, -0.25) is 0 Å². The van der Waals surface area contributed by atoms with Crippen molar-refractivity contribution < 1.29 is 23.5 Å². The molecule has 0 saturated heterocycles. The quantitative estimate of drug-likeness (QED) is 0.764. The first-order chi connectivity index (χ1) is 12.2. The molecule has 0 spiro atoms. The molecule has 0 radical (unpaired) electrons. The van der Waals surface area contributed by atoms with Gasteiger partial charge in [0.15, 0.2) is 0 Å². The van der Waals surface area contributed by atoms with E-state index in [1.54, 1.807) is 20.8 Å². The maximum Gasteiger partial charge on any atom is 0.417 e. The third-order valence-corrected chi connectivity index (χ3v) is 3.27. The summed E-state index contributed by atoms with van der Waals surface area (Å²) in [5.41, 5.74) is -0.419. The smallest absolute Gasteiger partial charge is 0.417 e. The SMILES string of the molecule is COc1ncc(F)cc1CN(C(=O)OC(C)(C)C)C1=NCC(C=O)C=N1. The van der Waals surface area contributed by atoms with Crippen LogP contribution < -0.4 is 4.74 Å². The van der Waals surface area contributed by atoms with Gasteiger partial charge in [-0.1, -0.05) is 0 Å². The number of aldehydes is 1. The van der Waals surface area contributed by atoms with Gasteiger partial charge in [-0.15, -0.1) is 0 Å². The van der Waals surface area contributed by atoms with Crippen molar-refractivity contribution in [1.29, 1.82) is 0 Å². The molecule has 140 valence electrons. The van der Waals surface area contributed by atoms with E-state index in [9.17, 15) is 14.0 Å². The molecule has 0 aromatic carbocycles. The number of carbonyl (C=O) groups is 2. The van der Waals surface area contributed by atoms with Crippen LogP contribution in [0.5, 0.6) is 5.88 Å². The van der Waals surface area contributed by atoms with E-state index in [1.165, 1.54) is 19.4 Å². The van der Waals surface area contributed by atoms with E-state index in [0.717, 1.165) is 17.4 Å². The highest BCUT2D eigenvalue weighted by Crippen LogP contribution is 2.21. The molecule has 1 amide bonds. The monoisotopic (exact) mass is 364 g/mol. The van der Waals surface area contributed by atoms with Gasteiger partial charge in [0.1, 0.15) is 17.7 Å². The number of pyridine rings is 1. The van der Waals surface area contributed by atoms with Gasteiger partial charge in [0.05, 0.1) is 32.3 Å². The van der Waals surface area contributed by atoms with E-state index in [1.807, 2.05) is 0 Å². The molecule has 2 heterocycles. The number of aromatic nitrogens is 1. The summed E-state index contributed by atoms with van der Waals surface area (Å²) < 4.78 is 24.1. The van der Waals surface area contributed by atoms with Crippen LogP contribution in [0.15, 0.2) is 22.2 Å². The highest BCUT2D eigenvalue weighted by atomic mass is 19.1. The molecular formula is C17H21FN4O4. The van der Waals surface area contributed by atoms with Gasteiger partial charge < -0.3 is 14.3 Å². The van der Waals surface area contributed by atoms with E-state index in [2.05, 4.69) is 15.0 Å². The zero-order valence-corrected chi connectivity index (χ0v) is 15.1. The Bertz CT molecular complexity index is 743. The molecule has 2 rings (SSSR count). The van der Waals surface area contributed by atoms with Gasteiger partial charge >= 0.3 is 6.09 Å². The predicted molar refractivity (Wildman–Crippen MR) is 92.9 cm³/mol. The molecule has 0 aliphatic carbocycles. The Balaban J connectivity index is 2.34. The summed E-state index contributed by atoms with van der Waals surface area (Å²) in [6.45, 7) is 5.23. The average Bonchev–Trinajstić information content (AvgIpc) is 2.58. The van der Waals surface area contributed by atoms with Crippen molar-refractivity contribution in [3.63, 3.8) is 0 Å². The summed E-state index contributed by atoms with van der Waals surface area (Å²) in [7, 11) is 1.40. The third-order valence-electron chi connectivity index (χ3n) is 3.27. The maximum atomic E-state index is 13.6. The number of nitrogens with zero attached hydrogens (tertiary/aromatic N) is 4. The normalized spacial score (nSPS) is 16.7. The van der Waals surface area contributed by atoms with Crippen LogP contribution in [0.1, 0.15) is 26.3 Å². The Labute approximate surface area is 150 Å². The van der Waals surface area contributed by atoms with Gasteiger partial charge in [0.2, 0.25) is 11.8 Å². The summed E-state index contributed by atoms with van der Waals surface area (Å²) in [4.78, 5) is 36.7. The fourth-order valence-corrected chi connectivity index (χ4v) is 2.14. The zero-order chi connectivity index (χ0) is 19.3. The first kappa shape index (κ1) is 19.5. The van der Waals surface area contributed by atoms with Crippen molar-refractivity contribution in [2.75, 3.05) is 13.7 Å². The lowest BCUT2D eigenvalue weighted by atomic mass is 10.2. The van der Waals surface area contributed by atoms with Crippen molar-refractivity contribution in [1.82, 2.24) is 9.88 Å². The van der Waals surface area contributed by atoms with E-state index in [0.29, 0.717) is 5.56 Å². The number of amides is 1. The third kappa shape index (κ3) is 5.08. The summed E-state index contributed by atoms with van der Waals surface area (Å²) in [5.74, 6) is -0.764. The number of halogens is 1. The largest absolute Gasteiger partial charge is 0.481 e. The maximum absolute atomic E-state index is 13.6. The number of guanidine groups is 1. The molecule has 9 heteroatoms. The van der Waals surface area contributed by atoms with E-state index in [4.69, 9.17) is 9.47 Å². The van der Waals surface area contributed by atoms with Gasteiger partial charge in [-0.05, 0) is 26.8 Å². The highest BCUT2D eigenvalue weighted by molar-refractivity contribution is 6.01. The molecule has 0 bridgehead atoms. The first-order valence-electron chi connectivity index (χ1n) is 7.96. The number of hydrogen-bond donors (Lipinski definition) is 0.